The molecule has 0 N–H and O–H groups in total. The second kappa shape index (κ2) is 5.59. The van der Waals surface area contributed by atoms with Gasteiger partial charge in [-0.2, -0.15) is 0 Å². The lowest BCUT2D eigenvalue weighted by atomic mass is 10.3. The Morgan fingerprint density at radius 1 is 1.25 bits per heavy atom. The van der Waals surface area contributed by atoms with E-state index >= 15 is 0 Å². The molecule has 1 aromatic rings. The first-order valence-electron chi connectivity index (χ1n) is 5.96. The molecule has 2 heteroatoms. The molecule has 0 saturated carbocycles. The van der Waals surface area contributed by atoms with E-state index < -0.39 is 0 Å². The number of hydrogen-bond acceptors (Lipinski definition) is 2. The third-order valence-corrected chi connectivity index (χ3v) is 2.92. The molecule has 0 radical (unpaired) electrons. The van der Waals surface area contributed by atoms with Crippen LogP contribution < -0.4 is 4.74 Å². The van der Waals surface area contributed by atoms with Gasteiger partial charge in [-0.1, -0.05) is 24.3 Å². The zero-order valence-corrected chi connectivity index (χ0v) is 9.86. The molecule has 2 rings (SSSR count). The van der Waals surface area contributed by atoms with Gasteiger partial charge in [0.2, 0.25) is 0 Å². The molecule has 0 fully saturated rings. The molecule has 1 heterocycles. The summed E-state index contributed by atoms with van der Waals surface area (Å²) in [5.74, 6) is 0.969. The molecule has 0 spiro atoms. The fourth-order valence-electron chi connectivity index (χ4n) is 1.99. The summed E-state index contributed by atoms with van der Waals surface area (Å²) in [5, 5.41) is 0. The van der Waals surface area contributed by atoms with Gasteiger partial charge in [-0.15, -0.1) is 0 Å². The minimum Gasteiger partial charge on any atom is -0.494 e. The van der Waals surface area contributed by atoms with Gasteiger partial charge in [-0.05, 0) is 31.9 Å². The Hall–Kier alpha value is -1.44. The van der Waals surface area contributed by atoms with Gasteiger partial charge in [0.15, 0.2) is 0 Å². The van der Waals surface area contributed by atoms with Gasteiger partial charge in [-0.3, -0.25) is 0 Å². The van der Waals surface area contributed by atoms with Gasteiger partial charge in [-0.25, -0.2) is 0 Å². The smallest absolute Gasteiger partial charge is 0.119 e. The quantitative estimate of drug-likeness (QED) is 0.703. The molecule has 0 saturated heterocycles. The van der Waals surface area contributed by atoms with E-state index in [1.54, 1.807) is 0 Å². The van der Waals surface area contributed by atoms with Crippen LogP contribution in [-0.4, -0.2) is 24.6 Å². The molecule has 16 heavy (non-hydrogen) atoms. The van der Waals surface area contributed by atoms with Crippen molar-refractivity contribution in [2.24, 2.45) is 0 Å². The average Bonchev–Trinajstić information content (AvgIpc) is 2.72. The summed E-state index contributed by atoms with van der Waals surface area (Å²) >= 11 is 0. The molecule has 1 aromatic carbocycles. The summed E-state index contributed by atoms with van der Waals surface area (Å²) in [6.45, 7) is 5.27. The maximum Gasteiger partial charge on any atom is 0.119 e. The van der Waals surface area contributed by atoms with E-state index in [0.29, 0.717) is 0 Å². The highest BCUT2D eigenvalue weighted by atomic mass is 16.5. The zero-order valence-electron chi connectivity index (χ0n) is 9.86. The van der Waals surface area contributed by atoms with Gasteiger partial charge in [0, 0.05) is 18.8 Å². The van der Waals surface area contributed by atoms with Gasteiger partial charge < -0.3 is 9.64 Å². The number of rotatable bonds is 5. The van der Waals surface area contributed by atoms with E-state index in [-0.39, 0.29) is 0 Å². The standard InChI is InChI=1S/C14H19NO/c1-13-7-5-10-15(13)11-6-12-16-14-8-3-2-4-9-14/h2-4,7-9H,5-6,10-12H2,1H3. The van der Waals surface area contributed by atoms with Crippen LogP contribution in [0.2, 0.25) is 0 Å². The normalized spacial score (nSPS) is 15.1. The molecule has 1 aliphatic heterocycles. The van der Waals surface area contributed by atoms with Crippen LogP contribution in [0.15, 0.2) is 42.1 Å². The lowest BCUT2D eigenvalue weighted by Crippen LogP contribution is -2.21. The van der Waals surface area contributed by atoms with E-state index in [1.807, 2.05) is 30.3 Å². The van der Waals surface area contributed by atoms with Crippen molar-refractivity contribution in [1.29, 1.82) is 0 Å². The highest BCUT2D eigenvalue weighted by Crippen LogP contribution is 2.14. The zero-order chi connectivity index (χ0) is 11.2. The van der Waals surface area contributed by atoms with Crippen molar-refractivity contribution in [2.45, 2.75) is 19.8 Å². The van der Waals surface area contributed by atoms with Crippen molar-refractivity contribution >= 4 is 0 Å². The van der Waals surface area contributed by atoms with Crippen LogP contribution in [-0.2, 0) is 0 Å². The van der Waals surface area contributed by atoms with Crippen LogP contribution in [0.5, 0.6) is 5.75 Å². The summed E-state index contributed by atoms with van der Waals surface area (Å²) < 4.78 is 5.65. The molecular formula is C14H19NO. The van der Waals surface area contributed by atoms with Gasteiger partial charge in [0.1, 0.15) is 5.75 Å². The first-order chi connectivity index (χ1) is 7.86. The van der Waals surface area contributed by atoms with Gasteiger partial charge >= 0.3 is 0 Å². The number of hydrogen-bond donors (Lipinski definition) is 0. The molecule has 86 valence electrons. The Morgan fingerprint density at radius 2 is 2.06 bits per heavy atom. The number of nitrogens with zero attached hydrogens (tertiary/aromatic N) is 1. The number of benzene rings is 1. The lowest BCUT2D eigenvalue weighted by molar-refractivity contribution is 0.276. The topological polar surface area (TPSA) is 12.5 Å². The van der Waals surface area contributed by atoms with Crippen LogP contribution in [0.3, 0.4) is 0 Å². The maximum absolute atomic E-state index is 5.65. The van der Waals surface area contributed by atoms with Crippen molar-refractivity contribution in [1.82, 2.24) is 4.90 Å². The molecule has 0 atom stereocenters. The Morgan fingerprint density at radius 3 is 2.75 bits per heavy atom. The number of ether oxygens (including phenoxy) is 1. The SMILES string of the molecule is CC1=CCCN1CCCOc1ccccc1. The molecule has 2 nitrogen and oxygen atoms in total. The fraction of sp³-hybridized carbons (Fsp3) is 0.429. The highest BCUT2D eigenvalue weighted by molar-refractivity contribution is 5.20. The van der Waals surface area contributed by atoms with Crippen LogP contribution in [0.1, 0.15) is 19.8 Å². The van der Waals surface area contributed by atoms with Crippen molar-refractivity contribution in [2.75, 3.05) is 19.7 Å². The summed E-state index contributed by atoms with van der Waals surface area (Å²) in [7, 11) is 0. The molecule has 1 aliphatic rings. The Labute approximate surface area is 97.5 Å². The third-order valence-electron chi connectivity index (χ3n) is 2.92. The predicted molar refractivity (Wildman–Crippen MR) is 66.5 cm³/mol. The fourth-order valence-corrected chi connectivity index (χ4v) is 1.99. The average molecular weight is 217 g/mol. The van der Waals surface area contributed by atoms with Crippen LogP contribution in [0, 0.1) is 0 Å². The highest BCUT2D eigenvalue weighted by Gasteiger charge is 2.09. The summed E-state index contributed by atoms with van der Waals surface area (Å²) in [4.78, 5) is 2.42. The lowest BCUT2D eigenvalue weighted by Gasteiger charge is -2.19. The van der Waals surface area contributed by atoms with Crippen LogP contribution in [0.4, 0.5) is 0 Å². The molecule has 0 aromatic heterocycles. The number of para-hydroxylation sites is 1. The summed E-state index contributed by atoms with van der Waals surface area (Å²) in [5.41, 5.74) is 1.42. The first-order valence-corrected chi connectivity index (χ1v) is 5.96. The third kappa shape index (κ3) is 3.02. The monoisotopic (exact) mass is 217 g/mol. The van der Waals surface area contributed by atoms with E-state index in [4.69, 9.17) is 4.74 Å². The van der Waals surface area contributed by atoms with Gasteiger partial charge in [0.25, 0.3) is 0 Å². The summed E-state index contributed by atoms with van der Waals surface area (Å²) in [6.07, 6.45) is 4.59. The molecular weight excluding hydrogens is 198 g/mol. The molecule has 0 unspecified atom stereocenters. The Bertz CT molecular complexity index is 345. The van der Waals surface area contributed by atoms with E-state index in [0.717, 1.165) is 25.3 Å². The van der Waals surface area contributed by atoms with E-state index in [1.165, 1.54) is 18.7 Å². The van der Waals surface area contributed by atoms with Crippen LogP contribution >= 0.6 is 0 Å². The van der Waals surface area contributed by atoms with Gasteiger partial charge in [0.05, 0.1) is 6.61 Å². The maximum atomic E-state index is 5.65. The summed E-state index contributed by atoms with van der Waals surface area (Å²) in [6, 6.07) is 10.0. The second-order valence-corrected chi connectivity index (χ2v) is 4.14. The largest absolute Gasteiger partial charge is 0.494 e. The van der Waals surface area contributed by atoms with Crippen LogP contribution in [0.25, 0.3) is 0 Å². The molecule has 0 bridgehead atoms. The molecule has 0 amide bonds. The van der Waals surface area contributed by atoms with E-state index in [2.05, 4.69) is 17.9 Å². The first kappa shape index (κ1) is 11.1. The predicted octanol–water partition coefficient (Wildman–Crippen LogP) is 3.07. The van der Waals surface area contributed by atoms with Crippen molar-refractivity contribution in [3.8, 4) is 5.75 Å². The van der Waals surface area contributed by atoms with Crippen molar-refractivity contribution in [3.05, 3.63) is 42.1 Å². The molecule has 0 aliphatic carbocycles. The number of allylic oxidation sites excluding steroid dienone is 1. The van der Waals surface area contributed by atoms with E-state index in [9.17, 15) is 0 Å². The van der Waals surface area contributed by atoms with Crippen molar-refractivity contribution < 1.29 is 4.74 Å². The van der Waals surface area contributed by atoms with Crippen molar-refractivity contribution in [3.63, 3.8) is 0 Å². The minimum atomic E-state index is 0.799. The Kier molecular flexibility index (Phi) is 3.86. The Balaban J connectivity index is 1.64. The minimum absolute atomic E-state index is 0.799. The second-order valence-electron chi connectivity index (χ2n) is 4.14.